The molecule has 0 spiro atoms. The zero-order chi connectivity index (χ0) is 24.1. The van der Waals surface area contributed by atoms with E-state index in [1.807, 2.05) is 43.3 Å². The Morgan fingerprint density at radius 3 is 2.47 bits per heavy atom. The van der Waals surface area contributed by atoms with E-state index in [4.69, 9.17) is 4.74 Å². The molecule has 1 amide bonds. The zero-order valence-electron chi connectivity index (χ0n) is 19.4. The van der Waals surface area contributed by atoms with Crippen LogP contribution in [0.4, 0.5) is 11.4 Å². The Morgan fingerprint density at radius 2 is 1.71 bits per heavy atom. The Bertz CT molecular complexity index is 1280. The first-order valence-corrected chi connectivity index (χ1v) is 12.7. The number of aryl methyl sites for hydroxylation is 2. The van der Waals surface area contributed by atoms with E-state index >= 15 is 0 Å². The van der Waals surface area contributed by atoms with Gasteiger partial charge in [0.25, 0.3) is 15.9 Å². The van der Waals surface area contributed by atoms with Crippen molar-refractivity contribution in [1.82, 2.24) is 4.90 Å². The van der Waals surface area contributed by atoms with Crippen molar-refractivity contribution in [2.45, 2.75) is 25.3 Å². The van der Waals surface area contributed by atoms with Crippen molar-refractivity contribution in [3.05, 3.63) is 89.0 Å². The van der Waals surface area contributed by atoms with Crippen molar-refractivity contribution in [2.24, 2.45) is 0 Å². The lowest BCUT2D eigenvalue weighted by molar-refractivity contribution is 0.0342. The summed E-state index contributed by atoms with van der Waals surface area (Å²) in [6, 6.07) is 19.4. The number of benzene rings is 3. The molecular weight excluding hydrogens is 450 g/mol. The number of carbonyl (C=O) groups excluding carboxylic acids is 1. The average molecular weight is 480 g/mol. The number of nitrogens with one attached hydrogen (secondary N) is 2. The number of para-hydroxylation sites is 1. The minimum Gasteiger partial charge on any atom is -0.379 e. The third kappa shape index (κ3) is 5.83. The SMILES string of the molecule is Cc1ccccc1NS(=O)(=O)c1ccc(C)c(C(=O)Nc2cccc(CN3CCOCC3)c2)c1. The van der Waals surface area contributed by atoms with Crippen LogP contribution in [0.5, 0.6) is 0 Å². The van der Waals surface area contributed by atoms with Crippen LogP contribution in [0.1, 0.15) is 27.0 Å². The number of ether oxygens (including phenoxy) is 1. The van der Waals surface area contributed by atoms with Crippen molar-refractivity contribution in [1.29, 1.82) is 0 Å². The summed E-state index contributed by atoms with van der Waals surface area (Å²) in [5, 5.41) is 2.92. The molecule has 4 rings (SSSR count). The first-order valence-electron chi connectivity index (χ1n) is 11.2. The highest BCUT2D eigenvalue weighted by Crippen LogP contribution is 2.22. The number of morpholine rings is 1. The molecule has 1 aliphatic heterocycles. The molecule has 178 valence electrons. The Balaban J connectivity index is 1.51. The second kappa shape index (κ2) is 10.4. The molecule has 0 bridgehead atoms. The van der Waals surface area contributed by atoms with Crippen molar-refractivity contribution in [2.75, 3.05) is 36.3 Å². The van der Waals surface area contributed by atoms with Gasteiger partial charge in [0.15, 0.2) is 0 Å². The van der Waals surface area contributed by atoms with Gasteiger partial charge in [-0.25, -0.2) is 8.42 Å². The van der Waals surface area contributed by atoms with Gasteiger partial charge in [0.2, 0.25) is 0 Å². The molecule has 1 heterocycles. The molecule has 0 aromatic heterocycles. The number of rotatable bonds is 7. The lowest BCUT2D eigenvalue weighted by atomic mass is 10.1. The highest BCUT2D eigenvalue weighted by Gasteiger charge is 2.19. The van der Waals surface area contributed by atoms with E-state index in [2.05, 4.69) is 14.9 Å². The van der Waals surface area contributed by atoms with Crippen molar-refractivity contribution >= 4 is 27.3 Å². The molecule has 0 saturated carbocycles. The fraction of sp³-hybridized carbons (Fsp3) is 0.269. The van der Waals surface area contributed by atoms with Crippen LogP contribution in [0.25, 0.3) is 0 Å². The summed E-state index contributed by atoms with van der Waals surface area (Å²) < 4.78 is 34.0. The zero-order valence-corrected chi connectivity index (χ0v) is 20.2. The van der Waals surface area contributed by atoms with E-state index in [0.29, 0.717) is 22.5 Å². The molecule has 7 nitrogen and oxygen atoms in total. The number of carbonyl (C=O) groups is 1. The maximum absolute atomic E-state index is 13.1. The van der Waals surface area contributed by atoms with Gasteiger partial charge in [0, 0.05) is 30.9 Å². The van der Waals surface area contributed by atoms with Gasteiger partial charge in [-0.3, -0.25) is 14.4 Å². The molecular formula is C26H29N3O4S. The fourth-order valence-corrected chi connectivity index (χ4v) is 5.02. The lowest BCUT2D eigenvalue weighted by Gasteiger charge is -2.26. The van der Waals surface area contributed by atoms with E-state index in [1.54, 1.807) is 25.1 Å². The number of sulfonamides is 1. The van der Waals surface area contributed by atoms with Gasteiger partial charge >= 0.3 is 0 Å². The third-order valence-corrected chi connectivity index (χ3v) is 7.21. The second-order valence-corrected chi connectivity index (χ2v) is 10.1. The number of anilines is 2. The Hall–Kier alpha value is -3.20. The topological polar surface area (TPSA) is 87.7 Å². The van der Waals surface area contributed by atoms with Gasteiger partial charge in [0.05, 0.1) is 23.8 Å². The molecule has 0 aliphatic carbocycles. The molecule has 1 fully saturated rings. The van der Waals surface area contributed by atoms with Crippen LogP contribution in [0, 0.1) is 13.8 Å². The summed E-state index contributed by atoms with van der Waals surface area (Å²) in [5.74, 6) is -0.353. The van der Waals surface area contributed by atoms with Crippen LogP contribution in [0.2, 0.25) is 0 Å². The molecule has 8 heteroatoms. The molecule has 34 heavy (non-hydrogen) atoms. The highest BCUT2D eigenvalue weighted by atomic mass is 32.2. The summed E-state index contributed by atoms with van der Waals surface area (Å²) in [4.78, 5) is 15.4. The number of hydrogen-bond acceptors (Lipinski definition) is 5. The molecule has 2 N–H and O–H groups in total. The Kier molecular flexibility index (Phi) is 7.31. The third-order valence-electron chi connectivity index (χ3n) is 5.85. The first kappa shape index (κ1) is 23.9. The van der Waals surface area contributed by atoms with Gasteiger partial charge in [-0.15, -0.1) is 0 Å². The standard InChI is InChI=1S/C26H29N3O4S/c1-19-10-11-23(34(31,32)28-25-9-4-3-6-20(25)2)17-24(19)26(30)27-22-8-5-7-21(16-22)18-29-12-14-33-15-13-29/h3-11,16-17,28H,12-15,18H2,1-2H3,(H,27,30). The van der Waals surface area contributed by atoms with Crippen LogP contribution in [0.15, 0.2) is 71.6 Å². The number of nitrogens with zero attached hydrogens (tertiary/aromatic N) is 1. The predicted molar refractivity (Wildman–Crippen MR) is 134 cm³/mol. The summed E-state index contributed by atoms with van der Waals surface area (Å²) in [5.41, 5.74) is 4.08. The summed E-state index contributed by atoms with van der Waals surface area (Å²) in [6.07, 6.45) is 0. The van der Waals surface area contributed by atoms with Crippen molar-refractivity contribution in [3.8, 4) is 0 Å². The van der Waals surface area contributed by atoms with E-state index < -0.39 is 10.0 Å². The molecule has 0 atom stereocenters. The van der Waals surface area contributed by atoms with Crippen LogP contribution < -0.4 is 10.0 Å². The van der Waals surface area contributed by atoms with E-state index in [1.165, 1.54) is 12.1 Å². The first-order chi connectivity index (χ1) is 16.3. The molecule has 3 aromatic rings. The second-order valence-electron chi connectivity index (χ2n) is 8.44. The fourth-order valence-electron chi connectivity index (χ4n) is 3.87. The minimum atomic E-state index is -3.85. The van der Waals surface area contributed by atoms with Crippen LogP contribution in [-0.4, -0.2) is 45.5 Å². The monoisotopic (exact) mass is 479 g/mol. The lowest BCUT2D eigenvalue weighted by Crippen LogP contribution is -2.35. The maximum Gasteiger partial charge on any atom is 0.261 e. The van der Waals surface area contributed by atoms with Crippen LogP contribution in [0.3, 0.4) is 0 Å². The summed E-state index contributed by atoms with van der Waals surface area (Å²) >= 11 is 0. The van der Waals surface area contributed by atoms with Gasteiger partial charge in [0.1, 0.15) is 0 Å². The smallest absolute Gasteiger partial charge is 0.261 e. The van der Waals surface area contributed by atoms with Crippen LogP contribution in [-0.2, 0) is 21.3 Å². The largest absolute Gasteiger partial charge is 0.379 e. The molecule has 0 radical (unpaired) electrons. The van der Waals surface area contributed by atoms with Gasteiger partial charge in [-0.2, -0.15) is 0 Å². The number of hydrogen-bond donors (Lipinski definition) is 2. The molecule has 1 saturated heterocycles. The Morgan fingerprint density at radius 1 is 0.941 bits per heavy atom. The van der Waals surface area contributed by atoms with Gasteiger partial charge < -0.3 is 10.1 Å². The Labute approximate surface area is 200 Å². The molecule has 1 aliphatic rings. The molecule has 3 aromatic carbocycles. The van der Waals surface area contributed by atoms with Gasteiger partial charge in [-0.1, -0.05) is 36.4 Å². The van der Waals surface area contributed by atoms with Crippen molar-refractivity contribution < 1.29 is 17.9 Å². The normalized spacial score (nSPS) is 14.5. The maximum atomic E-state index is 13.1. The average Bonchev–Trinajstić information content (AvgIpc) is 2.81. The minimum absolute atomic E-state index is 0.0348. The van der Waals surface area contributed by atoms with E-state index in [0.717, 1.165) is 44.0 Å². The quantitative estimate of drug-likeness (QED) is 0.531. The predicted octanol–water partition coefficient (Wildman–Crippen LogP) is 4.19. The van der Waals surface area contributed by atoms with E-state index in [9.17, 15) is 13.2 Å². The number of amides is 1. The summed E-state index contributed by atoms with van der Waals surface area (Å²) in [6.45, 7) is 7.63. The molecule has 0 unspecified atom stereocenters. The van der Waals surface area contributed by atoms with Crippen molar-refractivity contribution in [3.63, 3.8) is 0 Å². The highest BCUT2D eigenvalue weighted by molar-refractivity contribution is 7.92. The van der Waals surface area contributed by atoms with Gasteiger partial charge in [-0.05, 0) is 60.9 Å². The summed E-state index contributed by atoms with van der Waals surface area (Å²) in [7, 11) is -3.85. The van der Waals surface area contributed by atoms with Crippen LogP contribution >= 0.6 is 0 Å². The van der Waals surface area contributed by atoms with E-state index in [-0.39, 0.29) is 10.8 Å².